The molecule has 1 N–H and O–H groups in total. The highest BCUT2D eigenvalue weighted by Crippen LogP contribution is 2.19. The molecule has 0 spiro atoms. The van der Waals surface area contributed by atoms with Gasteiger partial charge >= 0.3 is 0 Å². The Labute approximate surface area is 104 Å². The van der Waals surface area contributed by atoms with Crippen LogP contribution in [0.3, 0.4) is 0 Å². The van der Waals surface area contributed by atoms with Crippen LogP contribution in [0.15, 0.2) is 24.5 Å². The molecular weight excluding hydrogens is 212 g/mol. The van der Waals surface area contributed by atoms with E-state index in [4.69, 9.17) is 4.74 Å². The molecule has 0 fully saturated rings. The van der Waals surface area contributed by atoms with Crippen molar-refractivity contribution in [2.75, 3.05) is 13.6 Å². The Bertz CT molecular complexity index is 372. The lowest BCUT2D eigenvalue weighted by atomic mass is 10.1. The Balaban J connectivity index is 2.73. The first-order chi connectivity index (χ1) is 8.13. The van der Waals surface area contributed by atoms with E-state index in [1.807, 2.05) is 33.2 Å². The molecule has 1 rings (SSSR count). The number of ether oxygens (including phenoxy) is 1. The van der Waals surface area contributed by atoms with Gasteiger partial charge in [0.05, 0.1) is 12.3 Å². The fraction of sp³-hybridized carbons (Fsp3) is 0.500. The summed E-state index contributed by atoms with van der Waals surface area (Å²) in [5.41, 5.74) is 2.36. The van der Waals surface area contributed by atoms with E-state index in [1.165, 1.54) is 5.57 Å². The summed E-state index contributed by atoms with van der Waals surface area (Å²) < 4.78 is 5.63. The molecule has 1 heterocycles. The van der Waals surface area contributed by atoms with Gasteiger partial charge in [-0.15, -0.1) is 0 Å². The van der Waals surface area contributed by atoms with Crippen LogP contribution in [0, 0.1) is 0 Å². The minimum atomic E-state index is 0.181. The van der Waals surface area contributed by atoms with E-state index >= 15 is 0 Å². The highest BCUT2D eigenvalue weighted by atomic mass is 16.5. The molecule has 0 unspecified atom stereocenters. The van der Waals surface area contributed by atoms with E-state index < -0.39 is 0 Å². The number of nitrogens with one attached hydrogen (secondary N) is 1. The van der Waals surface area contributed by atoms with Crippen molar-refractivity contribution in [3.05, 3.63) is 30.1 Å². The molecule has 1 aromatic heterocycles. The summed E-state index contributed by atoms with van der Waals surface area (Å²) in [5.74, 6) is 0.832. The van der Waals surface area contributed by atoms with Gasteiger partial charge in [-0.1, -0.05) is 6.08 Å². The third-order valence-electron chi connectivity index (χ3n) is 2.39. The molecule has 0 aliphatic heterocycles. The normalized spacial score (nSPS) is 11.9. The smallest absolute Gasteiger partial charge is 0.138 e. The fourth-order valence-corrected chi connectivity index (χ4v) is 1.52. The molecule has 0 atom stereocenters. The van der Waals surface area contributed by atoms with Crippen molar-refractivity contribution in [3.8, 4) is 5.75 Å². The fourth-order valence-electron chi connectivity index (χ4n) is 1.52. The number of hydrogen-bond acceptors (Lipinski definition) is 3. The average Bonchev–Trinajstić information content (AvgIpc) is 2.28. The minimum absolute atomic E-state index is 0.181. The lowest BCUT2D eigenvalue weighted by Gasteiger charge is -2.10. The minimum Gasteiger partial charge on any atom is -0.489 e. The Morgan fingerprint density at radius 3 is 2.88 bits per heavy atom. The number of allylic oxidation sites excluding steroid dienone is 1. The predicted molar refractivity (Wildman–Crippen MR) is 72.2 cm³/mol. The molecule has 3 heteroatoms. The van der Waals surface area contributed by atoms with Gasteiger partial charge in [-0.2, -0.15) is 0 Å². The van der Waals surface area contributed by atoms with Gasteiger partial charge in [0, 0.05) is 6.20 Å². The van der Waals surface area contributed by atoms with Gasteiger partial charge in [0.1, 0.15) is 5.75 Å². The summed E-state index contributed by atoms with van der Waals surface area (Å²) in [4.78, 5) is 4.21. The number of aromatic nitrogens is 1. The third-order valence-corrected chi connectivity index (χ3v) is 2.39. The van der Waals surface area contributed by atoms with Crippen molar-refractivity contribution in [2.45, 2.75) is 33.3 Å². The molecule has 0 bridgehead atoms. The van der Waals surface area contributed by atoms with Crippen LogP contribution in [0.5, 0.6) is 5.75 Å². The van der Waals surface area contributed by atoms with E-state index in [2.05, 4.69) is 23.3 Å². The Hall–Kier alpha value is -1.35. The highest BCUT2D eigenvalue weighted by molar-refractivity contribution is 5.63. The number of pyridine rings is 1. The monoisotopic (exact) mass is 234 g/mol. The second kappa shape index (κ2) is 7.07. The predicted octanol–water partition coefficient (Wildman–Crippen LogP) is 2.88. The highest BCUT2D eigenvalue weighted by Gasteiger charge is 2.01. The maximum absolute atomic E-state index is 5.63. The lowest BCUT2D eigenvalue weighted by Crippen LogP contribution is -2.06. The van der Waals surface area contributed by atoms with Crippen molar-refractivity contribution in [2.24, 2.45) is 0 Å². The van der Waals surface area contributed by atoms with E-state index in [9.17, 15) is 0 Å². The van der Waals surface area contributed by atoms with E-state index in [0.717, 1.165) is 24.3 Å². The van der Waals surface area contributed by atoms with Crippen LogP contribution in [0.25, 0.3) is 5.57 Å². The van der Waals surface area contributed by atoms with Gasteiger partial charge in [0.15, 0.2) is 0 Å². The zero-order valence-electron chi connectivity index (χ0n) is 11.2. The molecule has 0 radical (unpaired) electrons. The van der Waals surface area contributed by atoms with E-state index in [0.29, 0.717) is 0 Å². The molecule has 17 heavy (non-hydrogen) atoms. The summed E-state index contributed by atoms with van der Waals surface area (Å²) in [7, 11) is 1.96. The van der Waals surface area contributed by atoms with E-state index in [1.54, 1.807) is 6.20 Å². The largest absolute Gasteiger partial charge is 0.489 e. The molecular formula is C14H22N2O. The maximum Gasteiger partial charge on any atom is 0.138 e. The van der Waals surface area contributed by atoms with Crippen LogP contribution in [0.2, 0.25) is 0 Å². The molecule has 1 aromatic rings. The first kappa shape index (κ1) is 13.7. The lowest BCUT2D eigenvalue weighted by molar-refractivity contribution is 0.241. The summed E-state index contributed by atoms with van der Waals surface area (Å²) in [6, 6.07) is 2.04. The van der Waals surface area contributed by atoms with Gasteiger partial charge < -0.3 is 10.1 Å². The molecule has 0 saturated heterocycles. The Morgan fingerprint density at radius 1 is 1.47 bits per heavy atom. The van der Waals surface area contributed by atoms with Crippen LogP contribution < -0.4 is 10.1 Å². The standard InChI is InChI=1S/C14H22N2O/c1-11(2)17-14-8-13(9-16-10-14)12(3)6-5-7-15-4/h6,8-11,15H,5,7H2,1-4H3. The van der Waals surface area contributed by atoms with Gasteiger partial charge in [-0.25, -0.2) is 0 Å². The second-order valence-electron chi connectivity index (χ2n) is 4.36. The summed E-state index contributed by atoms with van der Waals surface area (Å²) >= 11 is 0. The SMILES string of the molecule is CNCCC=C(C)c1cncc(OC(C)C)c1. The quantitative estimate of drug-likeness (QED) is 0.768. The van der Waals surface area contributed by atoms with Crippen molar-refractivity contribution >= 4 is 5.57 Å². The van der Waals surface area contributed by atoms with Gasteiger partial charge in [0.2, 0.25) is 0 Å². The van der Waals surface area contributed by atoms with Gasteiger partial charge in [-0.05, 0) is 58.0 Å². The molecule has 0 saturated carbocycles. The van der Waals surface area contributed by atoms with Crippen molar-refractivity contribution < 1.29 is 4.74 Å². The van der Waals surface area contributed by atoms with Gasteiger partial charge in [-0.3, -0.25) is 4.98 Å². The molecule has 3 nitrogen and oxygen atoms in total. The number of rotatable bonds is 6. The third kappa shape index (κ3) is 5.00. The molecule has 0 aromatic carbocycles. The first-order valence-corrected chi connectivity index (χ1v) is 6.07. The average molecular weight is 234 g/mol. The zero-order valence-corrected chi connectivity index (χ0v) is 11.2. The maximum atomic E-state index is 5.63. The van der Waals surface area contributed by atoms with Crippen molar-refractivity contribution in [1.29, 1.82) is 0 Å². The van der Waals surface area contributed by atoms with Crippen LogP contribution in [-0.2, 0) is 0 Å². The van der Waals surface area contributed by atoms with Crippen LogP contribution in [-0.4, -0.2) is 24.7 Å². The van der Waals surface area contributed by atoms with E-state index in [-0.39, 0.29) is 6.10 Å². The second-order valence-corrected chi connectivity index (χ2v) is 4.36. The number of nitrogens with zero attached hydrogens (tertiary/aromatic N) is 1. The molecule has 94 valence electrons. The Morgan fingerprint density at radius 2 is 2.24 bits per heavy atom. The van der Waals surface area contributed by atoms with Crippen molar-refractivity contribution in [1.82, 2.24) is 10.3 Å². The number of hydrogen-bond donors (Lipinski definition) is 1. The van der Waals surface area contributed by atoms with Gasteiger partial charge in [0.25, 0.3) is 0 Å². The topological polar surface area (TPSA) is 34.2 Å². The summed E-state index contributed by atoms with van der Waals surface area (Å²) in [6.45, 7) is 7.13. The van der Waals surface area contributed by atoms with Crippen LogP contribution >= 0.6 is 0 Å². The van der Waals surface area contributed by atoms with Crippen LogP contribution in [0.1, 0.15) is 32.8 Å². The Kier molecular flexibility index (Phi) is 5.70. The zero-order chi connectivity index (χ0) is 12.7. The summed E-state index contributed by atoms with van der Waals surface area (Å²) in [5, 5.41) is 3.13. The first-order valence-electron chi connectivity index (χ1n) is 6.07. The summed E-state index contributed by atoms with van der Waals surface area (Å²) in [6.07, 6.45) is 7.05. The molecule has 0 aliphatic carbocycles. The molecule has 0 aliphatic rings. The van der Waals surface area contributed by atoms with Crippen LogP contribution in [0.4, 0.5) is 0 Å². The van der Waals surface area contributed by atoms with Crippen molar-refractivity contribution in [3.63, 3.8) is 0 Å². The molecule has 0 amide bonds.